The molecule has 0 spiro atoms. The molecule has 1 atom stereocenters. The van der Waals surface area contributed by atoms with E-state index in [4.69, 9.17) is 14.2 Å². The minimum atomic E-state index is -0.760. The third kappa shape index (κ3) is 1.56. The van der Waals surface area contributed by atoms with E-state index in [1.807, 2.05) is 18.2 Å². The zero-order valence-corrected chi connectivity index (χ0v) is 10.0. The molecule has 16 heavy (non-hydrogen) atoms. The molecular formula is C13H18O3. The van der Waals surface area contributed by atoms with Crippen LogP contribution >= 0.6 is 0 Å². The highest BCUT2D eigenvalue weighted by atomic mass is 16.7. The fourth-order valence-corrected chi connectivity index (χ4v) is 2.57. The van der Waals surface area contributed by atoms with Crippen LogP contribution < -0.4 is 0 Å². The van der Waals surface area contributed by atoms with Gasteiger partial charge >= 0.3 is 0 Å². The molecular weight excluding hydrogens is 204 g/mol. The van der Waals surface area contributed by atoms with Gasteiger partial charge in [0, 0.05) is 26.9 Å². The van der Waals surface area contributed by atoms with Crippen molar-refractivity contribution in [2.24, 2.45) is 0 Å². The maximum absolute atomic E-state index is 5.61. The molecule has 2 rings (SSSR count). The van der Waals surface area contributed by atoms with Crippen molar-refractivity contribution in [1.82, 2.24) is 0 Å². The fourth-order valence-electron chi connectivity index (χ4n) is 2.57. The Morgan fingerprint density at radius 3 is 2.44 bits per heavy atom. The second-order valence-corrected chi connectivity index (χ2v) is 4.00. The zero-order valence-electron chi connectivity index (χ0n) is 10.0. The number of aryl methyl sites for hydroxylation is 1. The van der Waals surface area contributed by atoms with Crippen LogP contribution in [0, 0.1) is 0 Å². The molecule has 3 nitrogen and oxygen atoms in total. The summed E-state index contributed by atoms with van der Waals surface area (Å²) in [5, 5.41) is 0. The average Bonchev–Trinajstić information content (AvgIpc) is 2.37. The number of benzene rings is 1. The molecule has 3 heteroatoms. The van der Waals surface area contributed by atoms with Crippen molar-refractivity contribution in [3.05, 3.63) is 35.4 Å². The summed E-state index contributed by atoms with van der Waals surface area (Å²) in [7, 11) is 5.03. The van der Waals surface area contributed by atoms with E-state index >= 15 is 0 Å². The second kappa shape index (κ2) is 4.53. The summed E-state index contributed by atoms with van der Waals surface area (Å²) in [5.74, 6) is -0.760. The Labute approximate surface area is 96.3 Å². The predicted octanol–water partition coefficient (Wildman–Crippen LogP) is 2.09. The molecule has 0 amide bonds. The molecule has 1 aromatic rings. The van der Waals surface area contributed by atoms with Crippen molar-refractivity contribution >= 4 is 0 Å². The van der Waals surface area contributed by atoms with E-state index in [1.54, 1.807) is 21.3 Å². The molecule has 0 aliphatic heterocycles. The Morgan fingerprint density at radius 1 is 1.12 bits per heavy atom. The fraction of sp³-hybridized carbons (Fsp3) is 0.538. The van der Waals surface area contributed by atoms with Crippen molar-refractivity contribution in [2.45, 2.75) is 24.7 Å². The van der Waals surface area contributed by atoms with Gasteiger partial charge in [-0.15, -0.1) is 0 Å². The number of methoxy groups -OCH3 is 3. The molecule has 88 valence electrons. The molecule has 0 aromatic heterocycles. The zero-order chi connectivity index (χ0) is 11.6. The van der Waals surface area contributed by atoms with E-state index in [0.717, 1.165) is 18.4 Å². The molecule has 1 unspecified atom stereocenters. The molecule has 0 radical (unpaired) electrons. The van der Waals surface area contributed by atoms with Crippen molar-refractivity contribution in [3.8, 4) is 0 Å². The standard InChI is InChI=1S/C13H18O3/c1-14-12-9-8-10-6-4-5-7-11(10)13(12,15-2)16-3/h4-7,12H,8-9H2,1-3H3. The second-order valence-electron chi connectivity index (χ2n) is 4.00. The minimum Gasteiger partial charge on any atom is -0.375 e. The van der Waals surface area contributed by atoms with Gasteiger partial charge < -0.3 is 14.2 Å². The first kappa shape index (κ1) is 11.6. The lowest BCUT2D eigenvalue weighted by molar-refractivity contribution is -0.279. The van der Waals surface area contributed by atoms with E-state index in [0.29, 0.717) is 0 Å². The summed E-state index contributed by atoms with van der Waals surface area (Å²) in [6.45, 7) is 0. The van der Waals surface area contributed by atoms with Gasteiger partial charge in [0.2, 0.25) is 5.79 Å². The summed E-state index contributed by atoms with van der Waals surface area (Å²) < 4.78 is 16.7. The van der Waals surface area contributed by atoms with Crippen molar-refractivity contribution in [1.29, 1.82) is 0 Å². The quantitative estimate of drug-likeness (QED) is 0.733. The van der Waals surface area contributed by atoms with Gasteiger partial charge in [0.05, 0.1) is 0 Å². The Morgan fingerprint density at radius 2 is 1.81 bits per heavy atom. The maximum atomic E-state index is 5.61. The molecule has 0 N–H and O–H groups in total. The van der Waals surface area contributed by atoms with Gasteiger partial charge in [-0.05, 0) is 18.4 Å². The normalized spacial score (nSPS) is 22.8. The molecule has 0 bridgehead atoms. The van der Waals surface area contributed by atoms with Gasteiger partial charge in [-0.25, -0.2) is 0 Å². The first-order valence-electron chi connectivity index (χ1n) is 5.50. The van der Waals surface area contributed by atoms with Crippen molar-refractivity contribution in [2.75, 3.05) is 21.3 Å². The first-order chi connectivity index (χ1) is 7.78. The highest BCUT2D eigenvalue weighted by Crippen LogP contribution is 2.40. The Bertz CT molecular complexity index is 358. The Hall–Kier alpha value is -0.900. The third-order valence-corrected chi connectivity index (χ3v) is 3.38. The Kier molecular flexibility index (Phi) is 3.28. The lowest BCUT2D eigenvalue weighted by Gasteiger charge is -2.41. The van der Waals surface area contributed by atoms with Crippen LogP contribution in [0.3, 0.4) is 0 Å². The maximum Gasteiger partial charge on any atom is 0.221 e. The number of ether oxygens (including phenoxy) is 3. The molecule has 0 heterocycles. The van der Waals surface area contributed by atoms with Gasteiger partial charge in [0.15, 0.2) is 0 Å². The number of fused-ring (bicyclic) bond motifs is 1. The summed E-state index contributed by atoms with van der Waals surface area (Å²) in [4.78, 5) is 0. The topological polar surface area (TPSA) is 27.7 Å². The van der Waals surface area contributed by atoms with Crippen LogP contribution in [-0.2, 0) is 26.4 Å². The number of hydrogen-bond acceptors (Lipinski definition) is 3. The van der Waals surface area contributed by atoms with E-state index in [-0.39, 0.29) is 6.10 Å². The van der Waals surface area contributed by atoms with E-state index in [9.17, 15) is 0 Å². The number of hydrogen-bond donors (Lipinski definition) is 0. The van der Waals surface area contributed by atoms with Gasteiger partial charge in [0.25, 0.3) is 0 Å². The molecule has 0 saturated carbocycles. The van der Waals surface area contributed by atoms with Crippen LogP contribution in [0.15, 0.2) is 24.3 Å². The molecule has 1 aliphatic carbocycles. The molecule has 1 aromatic carbocycles. The van der Waals surface area contributed by atoms with Crippen LogP contribution in [0.5, 0.6) is 0 Å². The molecule has 0 fully saturated rings. The van der Waals surface area contributed by atoms with E-state index in [2.05, 4.69) is 6.07 Å². The largest absolute Gasteiger partial charge is 0.375 e. The monoisotopic (exact) mass is 222 g/mol. The summed E-state index contributed by atoms with van der Waals surface area (Å²) in [6, 6.07) is 8.22. The molecule has 1 aliphatic rings. The van der Waals surface area contributed by atoms with E-state index < -0.39 is 5.79 Å². The van der Waals surface area contributed by atoms with E-state index in [1.165, 1.54) is 5.56 Å². The van der Waals surface area contributed by atoms with Crippen LogP contribution in [-0.4, -0.2) is 27.4 Å². The Balaban J connectivity index is 2.52. The SMILES string of the molecule is COC1CCc2ccccc2C1(OC)OC. The van der Waals surface area contributed by atoms with Crippen molar-refractivity contribution in [3.63, 3.8) is 0 Å². The summed E-state index contributed by atoms with van der Waals surface area (Å²) in [5.41, 5.74) is 2.36. The highest BCUT2D eigenvalue weighted by molar-refractivity contribution is 5.34. The van der Waals surface area contributed by atoms with Gasteiger partial charge in [-0.2, -0.15) is 0 Å². The first-order valence-corrected chi connectivity index (χ1v) is 5.50. The van der Waals surface area contributed by atoms with Crippen LogP contribution in [0.4, 0.5) is 0 Å². The van der Waals surface area contributed by atoms with Crippen LogP contribution in [0.2, 0.25) is 0 Å². The smallest absolute Gasteiger partial charge is 0.221 e. The van der Waals surface area contributed by atoms with Crippen molar-refractivity contribution < 1.29 is 14.2 Å². The lowest BCUT2D eigenvalue weighted by Crippen LogP contribution is -2.47. The van der Waals surface area contributed by atoms with Gasteiger partial charge in [0.1, 0.15) is 6.10 Å². The minimum absolute atomic E-state index is 0.0580. The van der Waals surface area contributed by atoms with Gasteiger partial charge in [-0.1, -0.05) is 24.3 Å². The van der Waals surface area contributed by atoms with Crippen LogP contribution in [0.1, 0.15) is 17.5 Å². The summed E-state index contributed by atoms with van der Waals surface area (Å²) in [6.07, 6.45) is 1.86. The van der Waals surface area contributed by atoms with Gasteiger partial charge in [-0.3, -0.25) is 0 Å². The average molecular weight is 222 g/mol. The predicted molar refractivity (Wildman–Crippen MR) is 61.3 cm³/mol. The summed E-state index contributed by atoms with van der Waals surface area (Å²) >= 11 is 0. The third-order valence-electron chi connectivity index (χ3n) is 3.38. The molecule has 0 saturated heterocycles. The highest BCUT2D eigenvalue weighted by Gasteiger charge is 2.45. The lowest BCUT2D eigenvalue weighted by atomic mass is 9.84. The van der Waals surface area contributed by atoms with Crippen LogP contribution in [0.25, 0.3) is 0 Å². The number of rotatable bonds is 3.